The monoisotopic (exact) mass is 271 g/mol. The normalized spacial score (nSPS) is 11.8. The average Bonchev–Trinajstić information content (AvgIpc) is 2.47. The number of aliphatic imine (C=N–C) groups is 1. The molecule has 0 aromatic heterocycles. The minimum absolute atomic E-state index is 0.612. The summed E-state index contributed by atoms with van der Waals surface area (Å²) in [7, 11) is 3.87. The Bertz CT molecular complexity index is 510. The van der Waals surface area contributed by atoms with E-state index in [9.17, 15) is 0 Å². The van der Waals surface area contributed by atoms with Crippen LogP contribution >= 0.6 is 0 Å². The molecule has 0 unspecified atom stereocenters. The summed E-state index contributed by atoms with van der Waals surface area (Å²) >= 11 is 0. The van der Waals surface area contributed by atoms with Gasteiger partial charge in [-0.15, -0.1) is 0 Å². The molecule has 3 N–H and O–H groups in total. The summed E-state index contributed by atoms with van der Waals surface area (Å²) in [5.41, 5.74) is 8.88. The van der Waals surface area contributed by atoms with Crippen molar-refractivity contribution in [1.29, 1.82) is 5.26 Å². The van der Waals surface area contributed by atoms with Crippen molar-refractivity contribution in [3.63, 3.8) is 0 Å². The highest BCUT2D eigenvalue weighted by Crippen LogP contribution is 2.19. The Hall–Kier alpha value is -2.16. The Balaban J connectivity index is 3.07. The Morgan fingerprint density at radius 2 is 2.10 bits per heavy atom. The third kappa shape index (κ3) is 4.19. The molecule has 0 aliphatic heterocycles. The number of nitriles is 1. The zero-order chi connectivity index (χ0) is 15.0. The molecule has 106 valence electrons. The first-order valence-corrected chi connectivity index (χ1v) is 6.43. The van der Waals surface area contributed by atoms with E-state index in [-0.39, 0.29) is 0 Å². The minimum Gasteiger partial charge on any atom is -0.389 e. The van der Waals surface area contributed by atoms with Crippen LogP contribution in [-0.4, -0.2) is 45.3 Å². The summed E-state index contributed by atoms with van der Waals surface area (Å²) in [5, 5.41) is 12.0. The highest BCUT2D eigenvalue weighted by Gasteiger charge is 2.09. The molecule has 0 radical (unpaired) electrons. The Labute approximate surface area is 120 Å². The first-order chi connectivity index (χ1) is 9.65. The first-order valence-electron chi connectivity index (χ1n) is 6.43. The maximum absolute atomic E-state index is 8.83. The molecule has 0 bridgehead atoms. The van der Waals surface area contributed by atoms with Crippen molar-refractivity contribution in [3.05, 3.63) is 41.1 Å². The number of nitrogens with two attached hydrogens (primary N) is 1. The molecule has 0 heterocycles. The lowest BCUT2D eigenvalue weighted by molar-refractivity contribution is 0.367. The van der Waals surface area contributed by atoms with E-state index in [1.807, 2.05) is 26.2 Å². The van der Waals surface area contributed by atoms with Gasteiger partial charge in [-0.2, -0.15) is 5.26 Å². The lowest BCUT2D eigenvalue weighted by Crippen LogP contribution is -2.30. The third-order valence-electron chi connectivity index (χ3n) is 2.97. The van der Waals surface area contributed by atoms with Crippen molar-refractivity contribution in [3.8, 4) is 6.07 Å². The van der Waals surface area contributed by atoms with Gasteiger partial charge in [0, 0.05) is 32.2 Å². The quantitative estimate of drug-likeness (QED) is 0.726. The number of nitrogens with zero attached hydrogens (tertiary/aromatic N) is 3. The van der Waals surface area contributed by atoms with Crippen molar-refractivity contribution in [2.75, 3.05) is 33.7 Å². The van der Waals surface area contributed by atoms with Gasteiger partial charge < -0.3 is 11.1 Å². The second kappa shape index (κ2) is 8.10. The van der Waals surface area contributed by atoms with Crippen LogP contribution in [0.2, 0.25) is 0 Å². The van der Waals surface area contributed by atoms with Crippen molar-refractivity contribution >= 4 is 12.4 Å². The number of rotatable bonds is 7. The molecular weight excluding hydrogens is 250 g/mol. The summed E-state index contributed by atoms with van der Waals surface area (Å²) in [6.07, 6.45) is 0. The van der Waals surface area contributed by atoms with E-state index < -0.39 is 0 Å². The fourth-order valence-corrected chi connectivity index (χ4v) is 1.91. The molecule has 1 aromatic rings. The highest BCUT2D eigenvalue weighted by molar-refractivity contribution is 5.71. The Morgan fingerprint density at radius 3 is 2.55 bits per heavy atom. The molecule has 0 atom stereocenters. The fourth-order valence-electron chi connectivity index (χ4n) is 1.91. The minimum atomic E-state index is 0.612. The van der Waals surface area contributed by atoms with Gasteiger partial charge in [-0.05, 0) is 25.9 Å². The zero-order valence-electron chi connectivity index (χ0n) is 12.1. The van der Waals surface area contributed by atoms with Crippen LogP contribution in [0.5, 0.6) is 0 Å². The van der Waals surface area contributed by atoms with Gasteiger partial charge in [-0.25, -0.2) is 0 Å². The van der Waals surface area contributed by atoms with Crippen LogP contribution in [0.4, 0.5) is 0 Å². The van der Waals surface area contributed by atoms with Crippen LogP contribution in [0, 0.1) is 11.3 Å². The molecule has 0 saturated carbocycles. The van der Waals surface area contributed by atoms with Crippen molar-refractivity contribution in [2.24, 2.45) is 10.7 Å². The predicted octanol–water partition coefficient (Wildman–Crippen LogP) is 1.04. The van der Waals surface area contributed by atoms with E-state index in [1.54, 1.807) is 12.1 Å². The molecule has 0 aliphatic carbocycles. The van der Waals surface area contributed by atoms with Crippen molar-refractivity contribution in [1.82, 2.24) is 10.2 Å². The van der Waals surface area contributed by atoms with E-state index in [4.69, 9.17) is 11.0 Å². The van der Waals surface area contributed by atoms with Crippen LogP contribution < -0.4 is 11.1 Å². The molecule has 20 heavy (non-hydrogen) atoms. The zero-order valence-corrected chi connectivity index (χ0v) is 12.1. The van der Waals surface area contributed by atoms with Crippen LogP contribution in [0.15, 0.2) is 35.0 Å². The lowest BCUT2D eigenvalue weighted by atomic mass is 10.1. The summed E-state index contributed by atoms with van der Waals surface area (Å²) in [6.45, 7) is 5.78. The molecule has 0 saturated heterocycles. The van der Waals surface area contributed by atoms with Crippen molar-refractivity contribution < 1.29 is 0 Å². The first kappa shape index (κ1) is 15.9. The molecule has 1 rings (SSSR count). The Morgan fingerprint density at radius 1 is 1.45 bits per heavy atom. The van der Waals surface area contributed by atoms with Crippen LogP contribution in [0.3, 0.4) is 0 Å². The van der Waals surface area contributed by atoms with Gasteiger partial charge >= 0.3 is 0 Å². The average molecular weight is 271 g/mol. The van der Waals surface area contributed by atoms with Gasteiger partial charge in [0.1, 0.15) is 0 Å². The number of hydrogen-bond donors (Lipinski definition) is 2. The van der Waals surface area contributed by atoms with Gasteiger partial charge in [0.25, 0.3) is 0 Å². The summed E-state index contributed by atoms with van der Waals surface area (Å²) in [4.78, 5) is 6.24. The SMILES string of the molecule is C=N/C(=C(/CN(C)CCN)NC)c1ccc(C#N)cc1. The predicted molar refractivity (Wildman–Crippen MR) is 83.2 cm³/mol. The summed E-state index contributed by atoms with van der Waals surface area (Å²) in [5.74, 6) is 0. The number of likely N-dealkylation sites (N-methyl/N-ethyl adjacent to an activating group) is 2. The number of benzene rings is 1. The second-order valence-corrected chi connectivity index (χ2v) is 4.45. The molecule has 1 aromatic carbocycles. The molecule has 0 amide bonds. The Kier molecular flexibility index (Phi) is 6.44. The molecule has 5 heteroatoms. The van der Waals surface area contributed by atoms with Crippen LogP contribution in [0.1, 0.15) is 11.1 Å². The number of nitrogens with one attached hydrogen (secondary N) is 1. The van der Waals surface area contributed by atoms with Gasteiger partial charge in [-0.3, -0.25) is 9.89 Å². The third-order valence-corrected chi connectivity index (χ3v) is 2.97. The summed E-state index contributed by atoms with van der Waals surface area (Å²) < 4.78 is 0. The number of hydrogen-bond acceptors (Lipinski definition) is 5. The fraction of sp³-hybridized carbons (Fsp3) is 0.333. The van der Waals surface area contributed by atoms with Crippen molar-refractivity contribution in [2.45, 2.75) is 0 Å². The highest BCUT2D eigenvalue weighted by atomic mass is 15.1. The molecule has 0 aliphatic rings. The van der Waals surface area contributed by atoms with E-state index >= 15 is 0 Å². The van der Waals surface area contributed by atoms with Crippen LogP contribution in [-0.2, 0) is 0 Å². The van der Waals surface area contributed by atoms with E-state index in [2.05, 4.69) is 28.0 Å². The molecule has 0 fully saturated rings. The topological polar surface area (TPSA) is 77.4 Å². The van der Waals surface area contributed by atoms with Gasteiger partial charge in [0.15, 0.2) is 0 Å². The maximum Gasteiger partial charge on any atom is 0.0991 e. The largest absolute Gasteiger partial charge is 0.389 e. The van der Waals surface area contributed by atoms with Crippen LogP contribution in [0.25, 0.3) is 5.70 Å². The van der Waals surface area contributed by atoms with E-state index in [0.29, 0.717) is 18.7 Å². The standard InChI is InChI=1S/C15H21N5/c1-18-14(11-20(3)9-8-16)15(19-2)13-6-4-12(10-17)5-7-13/h4-7,18H,2,8-9,11,16H2,1,3H3/b15-14-. The van der Waals surface area contributed by atoms with Gasteiger partial charge in [0.2, 0.25) is 0 Å². The van der Waals surface area contributed by atoms with E-state index in [0.717, 1.165) is 23.5 Å². The smallest absolute Gasteiger partial charge is 0.0991 e. The maximum atomic E-state index is 8.83. The summed E-state index contributed by atoms with van der Waals surface area (Å²) in [6, 6.07) is 9.41. The molecule has 0 spiro atoms. The van der Waals surface area contributed by atoms with Gasteiger partial charge in [0.05, 0.1) is 23.0 Å². The second-order valence-electron chi connectivity index (χ2n) is 4.45. The lowest BCUT2D eigenvalue weighted by Gasteiger charge is -2.19. The molecule has 5 nitrogen and oxygen atoms in total. The van der Waals surface area contributed by atoms with Gasteiger partial charge in [-0.1, -0.05) is 12.1 Å². The molecular formula is C15H21N5. The van der Waals surface area contributed by atoms with E-state index in [1.165, 1.54) is 0 Å².